The minimum absolute atomic E-state index is 0.120. The maximum absolute atomic E-state index is 11.7. The minimum Gasteiger partial charge on any atom is -0.506 e. The first-order valence-electron chi connectivity index (χ1n) is 6.55. The zero-order valence-electron chi connectivity index (χ0n) is 12.0. The Bertz CT molecular complexity index is 777. The Hall–Kier alpha value is -1.12. The molecule has 0 unspecified atom stereocenters. The molecule has 0 atom stereocenters. The summed E-state index contributed by atoms with van der Waals surface area (Å²) in [4.78, 5) is 15.7. The van der Waals surface area contributed by atoms with Crippen LogP contribution in [0.3, 0.4) is 0 Å². The molecule has 2 rings (SSSR count). The third-order valence-corrected chi connectivity index (χ3v) is 4.56. The fourth-order valence-electron chi connectivity index (χ4n) is 1.70. The topological polar surface area (TPSA) is 73.7 Å². The van der Waals surface area contributed by atoms with Crippen molar-refractivity contribution in [2.24, 2.45) is 4.99 Å². The van der Waals surface area contributed by atoms with Crippen LogP contribution in [0, 0.1) is 0 Å². The quantitative estimate of drug-likeness (QED) is 0.414. The van der Waals surface area contributed by atoms with Gasteiger partial charge >= 0.3 is 0 Å². The van der Waals surface area contributed by atoms with Gasteiger partial charge in [0.1, 0.15) is 5.75 Å². The molecule has 3 N–H and O–H groups in total. The molecule has 0 aliphatic rings. The Morgan fingerprint density at radius 1 is 1.21 bits per heavy atom. The van der Waals surface area contributed by atoms with Gasteiger partial charge in [-0.2, -0.15) is 0 Å². The van der Waals surface area contributed by atoms with Crippen LogP contribution in [0.5, 0.6) is 5.75 Å². The molecule has 1 amide bonds. The van der Waals surface area contributed by atoms with Crippen molar-refractivity contribution in [2.45, 2.75) is 6.54 Å². The summed E-state index contributed by atoms with van der Waals surface area (Å²) in [5.74, 6) is -0.312. The third kappa shape index (κ3) is 5.46. The van der Waals surface area contributed by atoms with Crippen LogP contribution in [0.25, 0.3) is 0 Å². The lowest BCUT2D eigenvalue weighted by atomic mass is 10.2. The van der Waals surface area contributed by atoms with E-state index in [2.05, 4.69) is 47.7 Å². The minimum atomic E-state index is -0.432. The Labute approximate surface area is 165 Å². The van der Waals surface area contributed by atoms with Gasteiger partial charge in [-0.15, -0.1) is 0 Å². The van der Waals surface area contributed by atoms with Gasteiger partial charge in [0.25, 0.3) is 5.91 Å². The van der Waals surface area contributed by atoms with Crippen LogP contribution in [-0.2, 0) is 11.3 Å². The number of hydrogen-bond acceptors (Lipinski definition) is 4. The van der Waals surface area contributed by atoms with Crippen LogP contribution in [0.1, 0.15) is 5.56 Å². The molecule has 2 aromatic rings. The number of carbonyl (C=O) groups excluding carboxylic acids is 1. The molecule has 0 spiro atoms. The zero-order valence-corrected chi connectivity index (χ0v) is 16.7. The number of phenols is 1. The molecule has 24 heavy (non-hydrogen) atoms. The van der Waals surface area contributed by atoms with E-state index in [1.807, 2.05) is 0 Å². The highest BCUT2D eigenvalue weighted by atomic mass is 79.9. The second-order valence-electron chi connectivity index (χ2n) is 4.60. The Kier molecular flexibility index (Phi) is 7.06. The average molecular weight is 496 g/mol. The number of halogens is 4. The molecule has 5 nitrogen and oxygen atoms in total. The molecule has 0 saturated heterocycles. The van der Waals surface area contributed by atoms with Gasteiger partial charge in [0.2, 0.25) is 0 Å². The fraction of sp³-hybridized carbons (Fsp3) is 0.0667. The molecule has 0 aromatic heterocycles. The first-order chi connectivity index (χ1) is 11.4. The second kappa shape index (κ2) is 8.82. The standard InChI is InChI=1S/C15H11Br2Cl2N3O2/c16-10-3-8(4-11(17)15(10)24)6-21-22-14(23)7-20-13-2-1-9(18)5-12(13)19/h1-5,7,21,24H,6H2,(H,22,23). The molecule has 0 fully saturated rings. The molecule has 0 aliphatic carbocycles. The van der Waals surface area contributed by atoms with E-state index >= 15 is 0 Å². The highest BCUT2D eigenvalue weighted by Crippen LogP contribution is 2.33. The van der Waals surface area contributed by atoms with Crippen molar-refractivity contribution in [3.63, 3.8) is 0 Å². The van der Waals surface area contributed by atoms with Gasteiger partial charge < -0.3 is 5.11 Å². The summed E-state index contributed by atoms with van der Waals surface area (Å²) in [5, 5.41) is 10.5. The predicted molar refractivity (Wildman–Crippen MR) is 103 cm³/mol. The number of phenolic OH excluding ortho intramolecular Hbond substituents is 1. The lowest BCUT2D eigenvalue weighted by Crippen LogP contribution is -2.37. The Balaban J connectivity index is 1.88. The van der Waals surface area contributed by atoms with Crippen LogP contribution in [0.15, 0.2) is 44.3 Å². The van der Waals surface area contributed by atoms with E-state index in [-0.39, 0.29) is 5.75 Å². The third-order valence-electron chi connectivity index (χ3n) is 2.81. The van der Waals surface area contributed by atoms with Gasteiger partial charge in [-0.3, -0.25) is 10.2 Å². The lowest BCUT2D eigenvalue weighted by molar-refractivity contribution is -0.115. The first kappa shape index (κ1) is 19.2. The number of rotatable bonds is 5. The van der Waals surface area contributed by atoms with Crippen LogP contribution in [-0.4, -0.2) is 17.2 Å². The molecule has 0 saturated carbocycles. The van der Waals surface area contributed by atoms with E-state index in [0.29, 0.717) is 31.2 Å². The molecule has 9 heteroatoms. The van der Waals surface area contributed by atoms with E-state index in [1.54, 1.807) is 30.3 Å². The van der Waals surface area contributed by atoms with Gasteiger partial charge in [-0.1, -0.05) is 23.2 Å². The van der Waals surface area contributed by atoms with Crippen LogP contribution in [0.2, 0.25) is 10.0 Å². The largest absolute Gasteiger partial charge is 0.506 e. The van der Waals surface area contributed by atoms with Gasteiger partial charge in [0.05, 0.1) is 25.9 Å². The van der Waals surface area contributed by atoms with E-state index < -0.39 is 5.91 Å². The summed E-state index contributed by atoms with van der Waals surface area (Å²) in [6.07, 6.45) is 1.12. The number of aliphatic imine (C=N–C) groups is 1. The number of hydrogen-bond donors (Lipinski definition) is 3. The SMILES string of the molecule is O=C(C=Nc1ccc(Cl)cc1Cl)NNCc1cc(Br)c(O)c(Br)c1. The summed E-state index contributed by atoms with van der Waals surface area (Å²) in [5.41, 5.74) is 6.55. The van der Waals surface area contributed by atoms with Crippen LogP contribution in [0.4, 0.5) is 5.69 Å². The highest BCUT2D eigenvalue weighted by Gasteiger charge is 2.06. The van der Waals surface area contributed by atoms with Crippen molar-refractivity contribution in [3.05, 3.63) is 54.9 Å². The lowest BCUT2D eigenvalue weighted by Gasteiger charge is -2.08. The molecular weight excluding hydrogens is 485 g/mol. The smallest absolute Gasteiger partial charge is 0.276 e. The number of hydrazine groups is 1. The van der Waals surface area contributed by atoms with Crippen molar-refractivity contribution >= 4 is 72.9 Å². The van der Waals surface area contributed by atoms with E-state index in [4.69, 9.17) is 23.2 Å². The number of nitrogens with zero attached hydrogens (tertiary/aromatic N) is 1. The number of benzene rings is 2. The molecule has 0 radical (unpaired) electrons. The molecule has 0 heterocycles. The van der Waals surface area contributed by atoms with Crippen molar-refractivity contribution in [1.29, 1.82) is 0 Å². The summed E-state index contributed by atoms with van der Waals surface area (Å²) in [6.45, 7) is 0.360. The monoisotopic (exact) mass is 493 g/mol. The Morgan fingerprint density at radius 3 is 2.50 bits per heavy atom. The Morgan fingerprint density at radius 2 is 1.88 bits per heavy atom. The van der Waals surface area contributed by atoms with Gasteiger partial charge in [0.15, 0.2) is 0 Å². The summed E-state index contributed by atoms with van der Waals surface area (Å²) in [6, 6.07) is 8.28. The first-order valence-corrected chi connectivity index (χ1v) is 8.90. The number of nitrogens with one attached hydrogen (secondary N) is 2. The van der Waals surface area contributed by atoms with Gasteiger partial charge in [-0.25, -0.2) is 10.4 Å². The molecule has 0 aliphatic heterocycles. The van der Waals surface area contributed by atoms with Crippen molar-refractivity contribution in [2.75, 3.05) is 0 Å². The number of amides is 1. The van der Waals surface area contributed by atoms with Gasteiger partial charge in [-0.05, 0) is 67.8 Å². The fourth-order valence-corrected chi connectivity index (χ4v) is 3.44. The highest BCUT2D eigenvalue weighted by molar-refractivity contribution is 9.11. The molecular formula is C15H11Br2Cl2N3O2. The summed E-state index contributed by atoms with van der Waals surface area (Å²) < 4.78 is 1.11. The van der Waals surface area contributed by atoms with E-state index in [1.165, 1.54) is 0 Å². The summed E-state index contributed by atoms with van der Waals surface area (Å²) >= 11 is 18.2. The number of carbonyl (C=O) groups is 1. The number of aromatic hydroxyl groups is 1. The van der Waals surface area contributed by atoms with Crippen molar-refractivity contribution < 1.29 is 9.90 Å². The normalized spacial score (nSPS) is 11.0. The van der Waals surface area contributed by atoms with Gasteiger partial charge in [0, 0.05) is 11.6 Å². The van der Waals surface area contributed by atoms with E-state index in [9.17, 15) is 9.90 Å². The average Bonchev–Trinajstić information content (AvgIpc) is 2.51. The van der Waals surface area contributed by atoms with Crippen LogP contribution < -0.4 is 10.9 Å². The van der Waals surface area contributed by atoms with Crippen molar-refractivity contribution in [3.8, 4) is 5.75 Å². The molecule has 0 bridgehead atoms. The summed E-state index contributed by atoms with van der Waals surface area (Å²) in [7, 11) is 0. The zero-order chi connectivity index (χ0) is 17.7. The molecule has 2 aromatic carbocycles. The van der Waals surface area contributed by atoms with E-state index in [0.717, 1.165) is 11.8 Å². The predicted octanol–water partition coefficient (Wildman–Crippen LogP) is 4.75. The van der Waals surface area contributed by atoms with Crippen LogP contribution >= 0.6 is 55.1 Å². The maximum Gasteiger partial charge on any atom is 0.276 e. The van der Waals surface area contributed by atoms with Crippen molar-refractivity contribution in [1.82, 2.24) is 10.9 Å². The maximum atomic E-state index is 11.7. The second-order valence-corrected chi connectivity index (χ2v) is 7.16. The molecule has 126 valence electrons.